The van der Waals surface area contributed by atoms with Gasteiger partial charge in [0.25, 0.3) is 0 Å². The minimum absolute atomic E-state index is 0.0497. The first-order valence-electron chi connectivity index (χ1n) is 11.4. The van der Waals surface area contributed by atoms with E-state index in [2.05, 4.69) is 85.7 Å². The lowest BCUT2D eigenvalue weighted by Gasteiger charge is -2.41. The second-order valence-electron chi connectivity index (χ2n) is 8.83. The van der Waals surface area contributed by atoms with Crippen LogP contribution in [0.5, 0.6) is 0 Å². The summed E-state index contributed by atoms with van der Waals surface area (Å²) in [6.07, 6.45) is 3.73. The summed E-state index contributed by atoms with van der Waals surface area (Å²) >= 11 is 3.70. The number of likely N-dealkylation sites (tertiary alicyclic amines) is 1. The molecule has 4 atom stereocenters. The van der Waals surface area contributed by atoms with Crippen molar-refractivity contribution in [1.82, 2.24) is 15.2 Å². The molecule has 0 radical (unpaired) electrons. The van der Waals surface area contributed by atoms with Crippen molar-refractivity contribution in [3.8, 4) is 0 Å². The Labute approximate surface area is 198 Å². The molecule has 0 aliphatic carbocycles. The molecule has 2 aliphatic rings. The summed E-state index contributed by atoms with van der Waals surface area (Å²) < 4.78 is 1.08. The Bertz CT molecular complexity index is 1060. The zero-order valence-electron chi connectivity index (χ0n) is 18.0. The van der Waals surface area contributed by atoms with Crippen molar-refractivity contribution in [2.75, 3.05) is 19.6 Å². The number of benzene rings is 2. The largest absolute Gasteiger partial charge is 0.335 e. The van der Waals surface area contributed by atoms with Crippen LogP contribution in [0.1, 0.15) is 47.5 Å². The van der Waals surface area contributed by atoms with Gasteiger partial charge in [-0.25, -0.2) is 0 Å². The number of amides is 1. The molecule has 0 spiro atoms. The Balaban J connectivity index is 1.43. The lowest BCUT2D eigenvalue weighted by atomic mass is 9.82. The standard InChI is InChI=1S/C27H28BrN3O/c28-24-11-5-4-10-21(24)22-17-29-18-23(22)27(32)31-15-13-20(25-12-6-7-14-30-25)16-26(31)19-8-2-1-3-9-19/h1-12,14,20,22-23,26,29H,13,15-18H2/t20-,22-,23+,26+/m0/s1. The fourth-order valence-electron chi connectivity index (χ4n) is 5.36. The number of pyridine rings is 1. The number of piperidine rings is 1. The van der Waals surface area contributed by atoms with E-state index in [-0.39, 0.29) is 23.8 Å². The Morgan fingerprint density at radius 2 is 1.75 bits per heavy atom. The molecule has 0 saturated carbocycles. The summed E-state index contributed by atoms with van der Waals surface area (Å²) in [4.78, 5) is 20.7. The number of nitrogens with zero attached hydrogens (tertiary/aromatic N) is 2. The summed E-state index contributed by atoms with van der Waals surface area (Å²) in [5, 5.41) is 3.48. The van der Waals surface area contributed by atoms with Gasteiger partial charge in [-0.05, 0) is 42.2 Å². The fourth-order valence-corrected chi connectivity index (χ4v) is 5.94. The van der Waals surface area contributed by atoms with E-state index in [0.29, 0.717) is 5.92 Å². The first-order chi connectivity index (χ1) is 15.7. The number of nitrogens with one attached hydrogen (secondary N) is 1. The quantitative estimate of drug-likeness (QED) is 0.540. The summed E-state index contributed by atoms with van der Waals surface area (Å²) in [6, 6.07) is 25.0. The van der Waals surface area contributed by atoms with E-state index >= 15 is 0 Å². The van der Waals surface area contributed by atoms with Crippen LogP contribution in [0.2, 0.25) is 0 Å². The van der Waals surface area contributed by atoms with Gasteiger partial charge in [0.15, 0.2) is 0 Å². The maximum atomic E-state index is 14.0. The average molecular weight is 490 g/mol. The Morgan fingerprint density at radius 3 is 2.53 bits per heavy atom. The third-order valence-electron chi connectivity index (χ3n) is 7.01. The van der Waals surface area contributed by atoms with Gasteiger partial charge in [0.05, 0.1) is 12.0 Å². The van der Waals surface area contributed by atoms with Crippen molar-refractivity contribution >= 4 is 21.8 Å². The third kappa shape index (κ3) is 4.24. The summed E-state index contributed by atoms with van der Waals surface area (Å²) in [6.45, 7) is 2.32. The van der Waals surface area contributed by atoms with Crippen LogP contribution in [0.3, 0.4) is 0 Å². The number of aromatic nitrogens is 1. The number of hydrogen-bond donors (Lipinski definition) is 1. The monoisotopic (exact) mass is 489 g/mol. The molecular formula is C27H28BrN3O. The van der Waals surface area contributed by atoms with E-state index in [4.69, 9.17) is 0 Å². The molecule has 2 saturated heterocycles. The van der Waals surface area contributed by atoms with Crippen LogP contribution in [0.4, 0.5) is 0 Å². The van der Waals surface area contributed by atoms with Crippen molar-refractivity contribution in [2.45, 2.75) is 30.7 Å². The molecule has 4 nitrogen and oxygen atoms in total. The molecule has 2 aliphatic heterocycles. The van der Waals surface area contributed by atoms with E-state index in [9.17, 15) is 4.79 Å². The normalized spacial score (nSPS) is 25.6. The molecule has 5 heteroatoms. The van der Waals surface area contributed by atoms with Gasteiger partial charge in [-0.3, -0.25) is 9.78 Å². The van der Waals surface area contributed by atoms with Gasteiger partial charge in [0, 0.05) is 47.8 Å². The van der Waals surface area contributed by atoms with Gasteiger partial charge in [0.2, 0.25) is 5.91 Å². The number of carbonyl (C=O) groups is 1. The van der Waals surface area contributed by atoms with Crippen molar-refractivity contribution in [3.63, 3.8) is 0 Å². The topological polar surface area (TPSA) is 45.2 Å². The van der Waals surface area contributed by atoms with Gasteiger partial charge in [0.1, 0.15) is 0 Å². The highest BCUT2D eigenvalue weighted by Gasteiger charge is 2.41. The molecule has 5 rings (SSSR count). The van der Waals surface area contributed by atoms with Crippen molar-refractivity contribution < 1.29 is 4.79 Å². The Kier molecular flexibility index (Phi) is 6.37. The van der Waals surface area contributed by atoms with Crippen molar-refractivity contribution in [2.24, 2.45) is 5.92 Å². The maximum absolute atomic E-state index is 14.0. The van der Waals surface area contributed by atoms with Crippen LogP contribution < -0.4 is 5.32 Å². The van der Waals surface area contributed by atoms with Gasteiger partial charge in [-0.15, -0.1) is 0 Å². The molecular weight excluding hydrogens is 462 g/mol. The first kappa shape index (κ1) is 21.4. The third-order valence-corrected chi connectivity index (χ3v) is 7.73. The van der Waals surface area contributed by atoms with Crippen molar-refractivity contribution in [1.29, 1.82) is 0 Å². The molecule has 0 unspecified atom stereocenters. The summed E-state index contributed by atoms with van der Waals surface area (Å²) in [5.74, 6) is 0.768. The minimum atomic E-state index is -0.0497. The van der Waals surface area contributed by atoms with Gasteiger partial charge < -0.3 is 10.2 Å². The second kappa shape index (κ2) is 9.55. The van der Waals surface area contributed by atoms with Crippen LogP contribution in [0.15, 0.2) is 83.5 Å². The number of halogens is 1. The summed E-state index contributed by atoms with van der Waals surface area (Å²) in [5.41, 5.74) is 3.56. The van der Waals surface area contributed by atoms with E-state index < -0.39 is 0 Å². The molecule has 1 N–H and O–H groups in total. The van der Waals surface area contributed by atoms with E-state index in [1.807, 2.05) is 24.4 Å². The SMILES string of the molecule is O=C([C@@H]1CNC[C@H]1c1ccccc1Br)N1CC[C@H](c2ccccn2)C[C@@H]1c1ccccc1. The molecule has 1 amide bonds. The Hall–Kier alpha value is -2.50. The average Bonchev–Trinajstić information content (AvgIpc) is 3.34. The van der Waals surface area contributed by atoms with E-state index in [1.54, 1.807) is 0 Å². The van der Waals surface area contributed by atoms with Crippen LogP contribution in [0, 0.1) is 5.92 Å². The molecule has 164 valence electrons. The van der Waals surface area contributed by atoms with Crippen LogP contribution >= 0.6 is 15.9 Å². The molecule has 2 aromatic carbocycles. The number of rotatable bonds is 4. The summed E-state index contributed by atoms with van der Waals surface area (Å²) in [7, 11) is 0. The molecule has 32 heavy (non-hydrogen) atoms. The number of hydrogen-bond acceptors (Lipinski definition) is 3. The van der Waals surface area contributed by atoms with Crippen molar-refractivity contribution in [3.05, 3.63) is 100 Å². The predicted molar refractivity (Wildman–Crippen MR) is 130 cm³/mol. The molecule has 3 heterocycles. The van der Waals surface area contributed by atoms with Gasteiger partial charge in [-0.1, -0.05) is 70.5 Å². The van der Waals surface area contributed by atoms with Crippen LogP contribution in [-0.2, 0) is 4.79 Å². The molecule has 2 fully saturated rings. The van der Waals surface area contributed by atoms with E-state index in [0.717, 1.165) is 42.6 Å². The number of carbonyl (C=O) groups excluding carboxylic acids is 1. The molecule has 0 bridgehead atoms. The van der Waals surface area contributed by atoms with Gasteiger partial charge >= 0.3 is 0 Å². The van der Waals surface area contributed by atoms with E-state index in [1.165, 1.54) is 11.1 Å². The maximum Gasteiger partial charge on any atom is 0.228 e. The fraction of sp³-hybridized carbons (Fsp3) is 0.333. The lowest BCUT2D eigenvalue weighted by molar-refractivity contribution is -0.139. The second-order valence-corrected chi connectivity index (χ2v) is 9.68. The van der Waals surface area contributed by atoms with Crippen LogP contribution in [-0.4, -0.2) is 35.4 Å². The predicted octanol–water partition coefficient (Wildman–Crippen LogP) is 5.29. The smallest absolute Gasteiger partial charge is 0.228 e. The highest BCUT2D eigenvalue weighted by atomic mass is 79.9. The first-order valence-corrected chi connectivity index (χ1v) is 12.2. The highest BCUT2D eigenvalue weighted by molar-refractivity contribution is 9.10. The highest BCUT2D eigenvalue weighted by Crippen LogP contribution is 2.41. The lowest BCUT2D eigenvalue weighted by Crippen LogP contribution is -2.45. The zero-order valence-corrected chi connectivity index (χ0v) is 19.6. The zero-order chi connectivity index (χ0) is 21.9. The molecule has 3 aromatic rings. The van der Waals surface area contributed by atoms with Crippen LogP contribution in [0.25, 0.3) is 0 Å². The minimum Gasteiger partial charge on any atom is -0.335 e. The van der Waals surface area contributed by atoms with Gasteiger partial charge in [-0.2, -0.15) is 0 Å². The Morgan fingerprint density at radius 1 is 0.969 bits per heavy atom. The molecule has 1 aromatic heterocycles.